The Morgan fingerprint density at radius 3 is 2.05 bits per heavy atom. The largest absolute Gasteiger partial charge is 0.348 e. The van der Waals surface area contributed by atoms with Crippen LogP contribution in [0, 0.1) is 0 Å². The van der Waals surface area contributed by atoms with Crippen LogP contribution < -0.4 is 9.62 Å². The van der Waals surface area contributed by atoms with Gasteiger partial charge in [0.25, 0.3) is 5.91 Å². The maximum Gasteiger partial charge on any atom is 0.251 e. The molecule has 2 aliphatic rings. The monoisotopic (exact) mass is 621 g/mol. The first-order chi connectivity index (χ1) is 18.9. The Morgan fingerprint density at radius 1 is 0.975 bits per heavy atom. The molecule has 3 aromatic rings. The van der Waals surface area contributed by atoms with Crippen LogP contribution in [0.3, 0.4) is 0 Å². The number of carbonyl (C=O) groups is 1. The number of anilines is 1. The molecule has 212 valence electrons. The minimum Gasteiger partial charge on any atom is -0.348 e. The maximum absolute atomic E-state index is 13.0. The number of hydrogen-bond donors (Lipinski definition) is 1. The zero-order valence-corrected chi connectivity index (χ0v) is 24.8. The highest BCUT2D eigenvalue weighted by molar-refractivity contribution is 7.92. The van der Waals surface area contributed by atoms with Crippen LogP contribution in [-0.2, 0) is 19.9 Å². The summed E-state index contributed by atoms with van der Waals surface area (Å²) in [5, 5.41) is 4.02. The van der Waals surface area contributed by atoms with Gasteiger partial charge < -0.3 is 5.32 Å². The fraction of sp³-hybridized carbons (Fsp3) is 0.321. The summed E-state index contributed by atoms with van der Waals surface area (Å²) in [6.45, 7) is 0.915. The van der Waals surface area contributed by atoms with Gasteiger partial charge in [-0.2, -0.15) is 0 Å². The van der Waals surface area contributed by atoms with Crippen molar-refractivity contribution in [3.8, 4) is 0 Å². The number of benzene rings is 3. The van der Waals surface area contributed by atoms with Gasteiger partial charge in [0.2, 0.25) is 10.0 Å². The second-order valence-electron chi connectivity index (χ2n) is 10.3. The number of rotatable bonds is 8. The van der Waals surface area contributed by atoms with Crippen molar-refractivity contribution < 1.29 is 21.6 Å². The molecule has 1 atom stereocenters. The van der Waals surface area contributed by atoms with Crippen LogP contribution in [0.4, 0.5) is 5.69 Å². The second kappa shape index (κ2) is 11.3. The summed E-state index contributed by atoms with van der Waals surface area (Å²) >= 11 is 12.3. The van der Waals surface area contributed by atoms with Crippen LogP contribution in [-0.4, -0.2) is 70.6 Å². The van der Waals surface area contributed by atoms with E-state index in [1.807, 2.05) is 48.5 Å². The molecule has 2 heterocycles. The molecule has 0 spiro atoms. The van der Waals surface area contributed by atoms with Crippen molar-refractivity contribution in [2.24, 2.45) is 0 Å². The van der Waals surface area contributed by atoms with Crippen molar-refractivity contribution in [3.05, 3.63) is 99.5 Å². The molecule has 40 heavy (non-hydrogen) atoms. The maximum atomic E-state index is 13.0. The smallest absolute Gasteiger partial charge is 0.251 e. The summed E-state index contributed by atoms with van der Waals surface area (Å²) < 4.78 is 50.9. The predicted octanol–water partition coefficient (Wildman–Crippen LogP) is 4.15. The molecule has 3 aromatic carbocycles. The average molecular weight is 623 g/mol. The van der Waals surface area contributed by atoms with Gasteiger partial charge in [0.1, 0.15) is 0 Å². The van der Waals surface area contributed by atoms with E-state index in [0.29, 0.717) is 35.2 Å². The number of nitrogens with one attached hydrogen (secondary N) is 1. The zero-order valence-electron chi connectivity index (χ0n) is 21.7. The predicted molar refractivity (Wildman–Crippen MR) is 158 cm³/mol. The lowest BCUT2D eigenvalue weighted by atomic mass is 9.93. The molecule has 2 aliphatic heterocycles. The highest BCUT2D eigenvalue weighted by atomic mass is 35.5. The van der Waals surface area contributed by atoms with Crippen molar-refractivity contribution >= 4 is 54.7 Å². The van der Waals surface area contributed by atoms with Crippen LogP contribution in [0.5, 0.6) is 0 Å². The van der Waals surface area contributed by atoms with Crippen molar-refractivity contribution in [2.45, 2.75) is 24.5 Å². The van der Waals surface area contributed by atoms with E-state index in [0.717, 1.165) is 17.4 Å². The summed E-state index contributed by atoms with van der Waals surface area (Å²) in [5.41, 5.74) is 2.69. The SMILES string of the molecule is CS(=O)(=O)N(c1cccc(C(=O)N[C@H]2CCS(=O)(=O)C2)c1)C1CN(C(c2ccc(Cl)cc2)c2ccc(Cl)cc2)C1. The van der Waals surface area contributed by atoms with Crippen LogP contribution in [0.25, 0.3) is 0 Å². The summed E-state index contributed by atoms with van der Waals surface area (Å²) in [4.78, 5) is 15.1. The third kappa shape index (κ3) is 6.47. The Kier molecular flexibility index (Phi) is 8.18. The third-order valence-corrected chi connectivity index (χ3v) is 10.7. The molecular weight excluding hydrogens is 593 g/mol. The van der Waals surface area contributed by atoms with Gasteiger partial charge in [-0.15, -0.1) is 0 Å². The van der Waals surface area contributed by atoms with E-state index in [4.69, 9.17) is 23.2 Å². The first kappa shape index (κ1) is 28.9. The Bertz CT molecular complexity index is 1560. The lowest BCUT2D eigenvalue weighted by Gasteiger charge is -2.48. The summed E-state index contributed by atoms with van der Waals surface area (Å²) in [6.07, 6.45) is 1.52. The normalized spacial score (nSPS) is 19.4. The van der Waals surface area contributed by atoms with Gasteiger partial charge in [-0.1, -0.05) is 53.5 Å². The molecule has 8 nitrogen and oxygen atoms in total. The Balaban J connectivity index is 1.37. The van der Waals surface area contributed by atoms with E-state index in [-0.39, 0.29) is 29.2 Å². The number of carbonyl (C=O) groups excluding carboxylic acids is 1. The van der Waals surface area contributed by atoms with E-state index in [1.165, 1.54) is 4.31 Å². The lowest BCUT2D eigenvalue weighted by molar-refractivity contribution is 0.0941. The Labute approximate surface area is 244 Å². The molecular formula is C28H29Cl2N3O5S2. The first-order valence-electron chi connectivity index (χ1n) is 12.8. The molecule has 0 aromatic heterocycles. The summed E-state index contributed by atoms with van der Waals surface area (Å²) in [7, 11) is -6.84. The van der Waals surface area contributed by atoms with Crippen molar-refractivity contribution in [2.75, 3.05) is 35.2 Å². The summed E-state index contributed by atoms with van der Waals surface area (Å²) in [5.74, 6) is -0.475. The fourth-order valence-electron chi connectivity index (χ4n) is 5.39. The van der Waals surface area contributed by atoms with E-state index in [1.54, 1.807) is 24.3 Å². The van der Waals surface area contributed by atoms with E-state index in [2.05, 4.69) is 10.2 Å². The number of sulfone groups is 1. The number of hydrogen-bond acceptors (Lipinski definition) is 6. The highest BCUT2D eigenvalue weighted by Gasteiger charge is 2.41. The molecule has 12 heteroatoms. The van der Waals surface area contributed by atoms with Crippen LogP contribution >= 0.6 is 23.2 Å². The summed E-state index contributed by atoms with van der Waals surface area (Å²) in [6, 6.07) is 20.6. The number of likely N-dealkylation sites (tertiary alicyclic amines) is 1. The molecule has 0 bridgehead atoms. The molecule has 1 amide bonds. The molecule has 0 saturated carbocycles. The highest BCUT2D eigenvalue weighted by Crippen LogP contribution is 2.36. The molecule has 1 N–H and O–H groups in total. The van der Waals surface area contributed by atoms with Gasteiger partial charge in [-0.3, -0.25) is 14.0 Å². The first-order valence-corrected chi connectivity index (χ1v) is 17.2. The molecule has 0 aliphatic carbocycles. The second-order valence-corrected chi connectivity index (χ2v) is 15.3. The van der Waals surface area contributed by atoms with E-state index >= 15 is 0 Å². The Morgan fingerprint density at radius 2 is 1.55 bits per heavy atom. The zero-order chi connectivity index (χ0) is 28.7. The number of sulfonamides is 1. The third-order valence-electron chi connectivity index (χ3n) is 7.25. The number of halogens is 2. The van der Waals surface area contributed by atoms with E-state index < -0.39 is 31.8 Å². The minimum atomic E-state index is -3.69. The van der Waals surface area contributed by atoms with Crippen LogP contribution in [0.1, 0.15) is 33.9 Å². The quantitative estimate of drug-likeness (QED) is 0.405. The number of amides is 1. The van der Waals surface area contributed by atoms with Gasteiger partial charge in [0, 0.05) is 34.7 Å². The van der Waals surface area contributed by atoms with Crippen molar-refractivity contribution in [3.63, 3.8) is 0 Å². The van der Waals surface area contributed by atoms with Gasteiger partial charge >= 0.3 is 0 Å². The molecule has 0 radical (unpaired) electrons. The average Bonchev–Trinajstić information content (AvgIpc) is 3.21. The van der Waals surface area contributed by atoms with Gasteiger partial charge in [-0.25, -0.2) is 16.8 Å². The van der Waals surface area contributed by atoms with Gasteiger partial charge in [-0.05, 0) is 60.0 Å². The number of nitrogens with zero attached hydrogens (tertiary/aromatic N) is 2. The minimum absolute atomic E-state index is 0.0467. The van der Waals surface area contributed by atoms with Crippen LogP contribution in [0.15, 0.2) is 72.8 Å². The molecule has 0 unspecified atom stereocenters. The fourth-order valence-corrected chi connectivity index (χ4v) is 8.48. The van der Waals surface area contributed by atoms with Gasteiger partial charge in [0.05, 0.1) is 35.5 Å². The molecule has 2 saturated heterocycles. The Hall–Kier alpha value is -2.63. The van der Waals surface area contributed by atoms with Crippen molar-refractivity contribution in [1.82, 2.24) is 10.2 Å². The van der Waals surface area contributed by atoms with E-state index in [9.17, 15) is 21.6 Å². The molecule has 5 rings (SSSR count). The molecule has 2 fully saturated rings. The van der Waals surface area contributed by atoms with Gasteiger partial charge in [0.15, 0.2) is 9.84 Å². The standard InChI is InChI=1S/C28H29Cl2N3O5S2/c1-39(35,36)33(25-4-2-3-21(15-25)28(34)31-24-13-14-40(37,38)18-24)26-16-32(17-26)27(19-5-9-22(29)10-6-19)20-7-11-23(30)12-8-20/h2-12,15,24,26-27H,13-14,16-18H2,1H3,(H,31,34)/t24-/m0/s1. The van der Waals surface area contributed by atoms with Crippen molar-refractivity contribution in [1.29, 1.82) is 0 Å². The topological polar surface area (TPSA) is 104 Å². The lowest BCUT2D eigenvalue weighted by Crippen LogP contribution is -2.61. The van der Waals surface area contributed by atoms with Crippen LogP contribution in [0.2, 0.25) is 10.0 Å².